The topological polar surface area (TPSA) is 43.8 Å². The summed E-state index contributed by atoms with van der Waals surface area (Å²) in [4.78, 5) is 0. The standard InChI is InChI=1S/C15H21N3S/c1-10(2)14-13(16)15(18(4)17-14)19-9-12-8-6-5-7-11(12)3/h5-8,10H,9,16H2,1-4H3. The van der Waals surface area contributed by atoms with Crippen LogP contribution >= 0.6 is 11.8 Å². The van der Waals surface area contributed by atoms with E-state index in [0.29, 0.717) is 5.92 Å². The summed E-state index contributed by atoms with van der Waals surface area (Å²) >= 11 is 1.75. The van der Waals surface area contributed by atoms with Gasteiger partial charge in [-0.2, -0.15) is 5.10 Å². The summed E-state index contributed by atoms with van der Waals surface area (Å²) in [6, 6.07) is 8.45. The molecule has 0 radical (unpaired) electrons. The molecule has 102 valence electrons. The molecule has 0 unspecified atom stereocenters. The molecule has 0 saturated carbocycles. The van der Waals surface area contributed by atoms with Gasteiger partial charge < -0.3 is 5.73 Å². The van der Waals surface area contributed by atoms with E-state index < -0.39 is 0 Å². The van der Waals surface area contributed by atoms with E-state index >= 15 is 0 Å². The second kappa shape index (κ2) is 5.70. The van der Waals surface area contributed by atoms with Gasteiger partial charge in [0.05, 0.1) is 11.4 Å². The Morgan fingerprint density at radius 1 is 1.32 bits per heavy atom. The quantitative estimate of drug-likeness (QED) is 0.865. The third kappa shape index (κ3) is 2.95. The van der Waals surface area contributed by atoms with Crippen LogP contribution in [-0.2, 0) is 12.8 Å². The second-order valence-corrected chi connectivity index (χ2v) is 6.06. The predicted octanol–water partition coefficient (Wildman–Crippen LogP) is 3.73. The van der Waals surface area contributed by atoms with Crippen molar-refractivity contribution in [1.29, 1.82) is 0 Å². The summed E-state index contributed by atoms with van der Waals surface area (Å²) in [7, 11) is 1.96. The Morgan fingerprint density at radius 2 is 2.00 bits per heavy atom. The first-order chi connectivity index (χ1) is 9.00. The lowest BCUT2D eigenvalue weighted by Gasteiger charge is -2.06. The number of hydrogen-bond acceptors (Lipinski definition) is 3. The first-order valence-electron chi connectivity index (χ1n) is 6.50. The number of benzene rings is 1. The Balaban J connectivity index is 2.19. The summed E-state index contributed by atoms with van der Waals surface area (Å²) in [6.45, 7) is 6.38. The highest BCUT2D eigenvalue weighted by Gasteiger charge is 2.16. The largest absolute Gasteiger partial charge is 0.395 e. The summed E-state index contributed by atoms with van der Waals surface area (Å²) in [5.74, 6) is 1.28. The van der Waals surface area contributed by atoms with E-state index in [2.05, 4.69) is 50.1 Å². The molecule has 0 aliphatic rings. The van der Waals surface area contributed by atoms with Crippen LogP contribution in [0.15, 0.2) is 29.3 Å². The van der Waals surface area contributed by atoms with Crippen molar-refractivity contribution in [1.82, 2.24) is 9.78 Å². The van der Waals surface area contributed by atoms with E-state index in [0.717, 1.165) is 22.2 Å². The molecule has 0 aliphatic carbocycles. The van der Waals surface area contributed by atoms with Crippen LogP contribution in [0.5, 0.6) is 0 Å². The molecule has 1 aromatic carbocycles. The van der Waals surface area contributed by atoms with Crippen LogP contribution in [0, 0.1) is 6.92 Å². The Bertz CT molecular complexity index is 573. The van der Waals surface area contributed by atoms with Gasteiger partial charge >= 0.3 is 0 Å². The molecule has 0 aliphatic heterocycles. The number of aryl methyl sites for hydroxylation is 2. The smallest absolute Gasteiger partial charge is 0.117 e. The molecule has 0 fully saturated rings. The number of aromatic nitrogens is 2. The molecule has 4 heteroatoms. The molecule has 3 nitrogen and oxygen atoms in total. The lowest BCUT2D eigenvalue weighted by Crippen LogP contribution is -1.95. The normalized spacial score (nSPS) is 11.2. The molecule has 2 rings (SSSR count). The molecule has 2 aromatic rings. The van der Waals surface area contributed by atoms with Crippen LogP contribution < -0.4 is 5.73 Å². The zero-order chi connectivity index (χ0) is 14.0. The van der Waals surface area contributed by atoms with Crippen molar-refractivity contribution >= 4 is 17.4 Å². The molecule has 1 heterocycles. The molecule has 19 heavy (non-hydrogen) atoms. The number of nitrogen functional groups attached to an aromatic ring is 1. The van der Waals surface area contributed by atoms with Crippen LogP contribution in [0.1, 0.15) is 36.6 Å². The lowest BCUT2D eigenvalue weighted by atomic mass is 10.1. The fraction of sp³-hybridized carbons (Fsp3) is 0.400. The maximum Gasteiger partial charge on any atom is 0.117 e. The van der Waals surface area contributed by atoms with Crippen LogP contribution in [0.25, 0.3) is 0 Å². The zero-order valence-electron chi connectivity index (χ0n) is 12.0. The highest BCUT2D eigenvalue weighted by molar-refractivity contribution is 7.98. The van der Waals surface area contributed by atoms with Gasteiger partial charge in [-0.05, 0) is 24.0 Å². The van der Waals surface area contributed by atoms with E-state index in [1.165, 1.54) is 11.1 Å². The molecule has 0 saturated heterocycles. The Labute approximate surface area is 119 Å². The average molecular weight is 275 g/mol. The third-order valence-corrected chi connectivity index (χ3v) is 4.44. The summed E-state index contributed by atoms with van der Waals surface area (Å²) in [6.07, 6.45) is 0. The number of anilines is 1. The van der Waals surface area contributed by atoms with Gasteiger partial charge in [-0.25, -0.2) is 0 Å². The number of hydrogen-bond donors (Lipinski definition) is 1. The van der Waals surface area contributed by atoms with Gasteiger partial charge in [0.1, 0.15) is 5.03 Å². The number of nitrogens with two attached hydrogens (primary N) is 1. The first kappa shape index (κ1) is 14.0. The van der Waals surface area contributed by atoms with E-state index in [1.807, 2.05) is 11.7 Å². The van der Waals surface area contributed by atoms with Gasteiger partial charge in [-0.1, -0.05) is 49.9 Å². The molecular weight excluding hydrogens is 254 g/mol. The SMILES string of the molecule is Cc1ccccc1CSc1c(N)c(C(C)C)nn1C. The van der Waals surface area contributed by atoms with Crippen LogP contribution in [-0.4, -0.2) is 9.78 Å². The highest BCUT2D eigenvalue weighted by Crippen LogP contribution is 2.33. The Morgan fingerprint density at radius 3 is 2.58 bits per heavy atom. The van der Waals surface area contributed by atoms with Crippen molar-refractivity contribution in [3.8, 4) is 0 Å². The van der Waals surface area contributed by atoms with E-state index in [4.69, 9.17) is 5.73 Å². The van der Waals surface area contributed by atoms with Crippen LogP contribution in [0.3, 0.4) is 0 Å². The van der Waals surface area contributed by atoms with Crippen LogP contribution in [0.4, 0.5) is 5.69 Å². The fourth-order valence-electron chi connectivity index (χ4n) is 2.06. The second-order valence-electron chi connectivity index (χ2n) is 5.10. The van der Waals surface area contributed by atoms with Crippen molar-refractivity contribution < 1.29 is 0 Å². The van der Waals surface area contributed by atoms with E-state index in [9.17, 15) is 0 Å². The van der Waals surface area contributed by atoms with Gasteiger partial charge in [0.25, 0.3) is 0 Å². The molecule has 0 atom stereocenters. The number of thioether (sulfide) groups is 1. The third-order valence-electron chi connectivity index (χ3n) is 3.23. The van der Waals surface area contributed by atoms with Crippen molar-refractivity contribution in [3.63, 3.8) is 0 Å². The minimum absolute atomic E-state index is 0.360. The Hall–Kier alpha value is -1.42. The lowest BCUT2D eigenvalue weighted by molar-refractivity contribution is 0.671. The molecule has 1 aromatic heterocycles. The van der Waals surface area contributed by atoms with Crippen molar-refractivity contribution in [2.75, 3.05) is 5.73 Å². The summed E-state index contributed by atoms with van der Waals surface area (Å²) < 4.78 is 1.90. The van der Waals surface area contributed by atoms with Gasteiger partial charge in [0.2, 0.25) is 0 Å². The first-order valence-corrected chi connectivity index (χ1v) is 7.49. The number of rotatable bonds is 4. The van der Waals surface area contributed by atoms with Gasteiger partial charge in [-0.3, -0.25) is 4.68 Å². The van der Waals surface area contributed by atoms with E-state index in [-0.39, 0.29) is 0 Å². The summed E-state index contributed by atoms with van der Waals surface area (Å²) in [5.41, 5.74) is 10.7. The number of nitrogens with zero attached hydrogens (tertiary/aromatic N) is 2. The minimum atomic E-state index is 0.360. The average Bonchev–Trinajstić information content (AvgIpc) is 2.65. The van der Waals surface area contributed by atoms with Crippen molar-refractivity contribution in [3.05, 3.63) is 41.1 Å². The maximum absolute atomic E-state index is 6.20. The summed E-state index contributed by atoms with van der Waals surface area (Å²) in [5, 5.41) is 5.58. The Kier molecular flexibility index (Phi) is 4.20. The fourth-order valence-corrected chi connectivity index (χ4v) is 3.16. The maximum atomic E-state index is 6.20. The van der Waals surface area contributed by atoms with Crippen molar-refractivity contribution in [2.45, 2.75) is 37.5 Å². The molecule has 2 N–H and O–H groups in total. The molecule has 0 amide bonds. The van der Waals surface area contributed by atoms with Gasteiger partial charge in [0.15, 0.2) is 0 Å². The van der Waals surface area contributed by atoms with Crippen LogP contribution in [0.2, 0.25) is 0 Å². The predicted molar refractivity (Wildman–Crippen MR) is 82.4 cm³/mol. The van der Waals surface area contributed by atoms with Crippen molar-refractivity contribution in [2.24, 2.45) is 7.05 Å². The minimum Gasteiger partial charge on any atom is -0.395 e. The van der Waals surface area contributed by atoms with E-state index in [1.54, 1.807) is 11.8 Å². The zero-order valence-corrected chi connectivity index (χ0v) is 12.8. The van der Waals surface area contributed by atoms with Gasteiger partial charge in [-0.15, -0.1) is 0 Å². The van der Waals surface area contributed by atoms with Gasteiger partial charge in [0, 0.05) is 12.8 Å². The monoisotopic (exact) mass is 275 g/mol. The molecule has 0 bridgehead atoms. The molecular formula is C15H21N3S. The highest BCUT2D eigenvalue weighted by atomic mass is 32.2. The molecule has 0 spiro atoms.